The molecule has 0 aromatic carbocycles. The molecule has 1 aromatic heterocycles. The fourth-order valence-corrected chi connectivity index (χ4v) is 1.21. The molecular weight excluding hydrogens is 210 g/mol. The van der Waals surface area contributed by atoms with Crippen LogP contribution in [0.1, 0.15) is 29.5 Å². The molecule has 0 radical (unpaired) electrons. The quantitative estimate of drug-likeness (QED) is 0.764. The van der Waals surface area contributed by atoms with Gasteiger partial charge in [-0.05, 0) is 12.5 Å². The van der Waals surface area contributed by atoms with E-state index in [0.29, 0.717) is 5.69 Å². The van der Waals surface area contributed by atoms with E-state index in [9.17, 15) is 9.59 Å². The number of carboxylic acids is 1. The number of rotatable bonds is 5. The summed E-state index contributed by atoms with van der Waals surface area (Å²) in [5.74, 6) is -1.19. The van der Waals surface area contributed by atoms with Crippen LogP contribution in [0.2, 0.25) is 0 Å². The molecule has 2 N–H and O–H groups in total. The number of nitrogens with zero attached hydrogens (tertiary/aromatic N) is 2. The van der Waals surface area contributed by atoms with E-state index in [4.69, 9.17) is 5.11 Å². The van der Waals surface area contributed by atoms with E-state index >= 15 is 0 Å². The Balaban J connectivity index is 2.59. The summed E-state index contributed by atoms with van der Waals surface area (Å²) in [6.45, 7) is 2.14. The molecule has 0 unspecified atom stereocenters. The lowest BCUT2D eigenvalue weighted by atomic mass is 10.3. The highest BCUT2D eigenvalue weighted by molar-refractivity contribution is 5.92. The van der Waals surface area contributed by atoms with Crippen molar-refractivity contribution in [1.29, 1.82) is 0 Å². The first-order valence-corrected chi connectivity index (χ1v) is 5.06. The Morgan fingerprint density at radius 3 is 2.75 bits per heavy atom. The molecule has 88 valence electrons. The second-order valence-electron chi connectivity index (χ2n) is 3.50. The molecule has 0 aliphatic heterocycles. The highest BCUT2D eigenvalue weighted by Gasteiger charge is 2.15. The second-order valence-corrected chi connectivity index (χ2v) is 3.50. The molecule has 0 aliphatic rings. The molecule has 0 bridgehead atoms. The fraction of sp³-hybridized carbons (Fsp3) is 0.500. The van der Waals surface area contributed by atoms with Gasteiger partial charge >= 0.3 is 5.97 Å². The molecule has 16 heavy (non-hydrogen) atoms. The molecule has 6 nitrogen and oxygen atoms in total. The SMILES string of the molecule is CCc1cc(C(=O)N(C)CCC(=O)O)n[nH]1. The lowest BCUT2D eigenvalue weighted by Gasteiger charge is -2.13. The van der Waals surface area contributed by atoms with E-state index in [1.54, 1.807) is 13.1 Å². The van der Waals surface area contributed by atoms with Gasteiger partial charge < -0.3 is 10.0 Å². The summed E-state index contributed by atoms with van der Waals surface area (Å²) in [6.07, 6.45) is 0.715. The zero-order chi connectivity index (χ0) is 12.1. The Bertz CT molecular complexity index is 386. The Morgan fingerprint density at radius 1 is 1.56 bits per heavy atom. The number of aryl methyl sites for hydroxylation is 1. The Morgan fingerprint density at radius 2 is 2.25 bits per heavy atom. The van der Waals surface area contributed by atoms with Crippen LogP contribution in [0, 0.1) is 0 Å². The van der Waals surface area contributed by atoms with Gasteiger partial charge in [0, 0.05) is 19.3 Å². The largest absolute Gasteiger partial charge is 0.481 e. The number of hydrogen-bond donors (Lipinski definition) is 2. The monoisotopic (exact) mass is 225 g/mol. The van der Waals surface area contributed by atoms with Crippen molar-refractivity contribution in [3.05, 3.63) is 17.5 Å². The molecule has 1 amide bonds. The van der Waals surface area contributed by atoms with Crippen LogP contribution in [0.3, 0.4) is 0 Å². The predicted octanol–water partition coefficient (Wildman–Crippen LogP) is 0.519. The number of hydrogen-bond acceptors (Lipinski definition) is 3. The number of aromatic amines is 1. The lowest BCUT2D eigenvalue weighted by Crippen LogP contribution is -2.29. The highest BCUT2D eigenvalue weighted by Crippen LogP contribution is 2.04. The summed E-state index contributed by atoms with van der Waals surface area (Å²) in [5.41, 5.74) is 1.21. The van der Waals surface area contributed by atoms with Gasteiger partial charge in [-0.2, -0.15) is 5.10 Å². The summed E-state index contributed by atoms with van der Waals surface area (Å²) in [5, 5.41) is 15.1. The third kappa shape index (κ3) is 3.08. The minimum atomic E-state index is -0.920. The molecule has 0 fully saturated rings. The first-order chi connectivity index (χ1) is 7.54. The van der Waals surface area contributed by atoms with Gasteiger partial charge in [0.05, 0.1) is 6.42 Å². The van der Waals surface area contributed by atoms with E-state index in [0.717, 1.165) is 12.1 Å². The van der Waals surface area contributed by atoms with Gasteiger partial charge in [-0.15, -0.1) is 0 Å². The fourth-order valence-electron chi connectivity index (χ4n) is 1.21. The van der Waals surface area contributed by atoms with Crippen LogP contribution in [0.4, 0.5) is 0 Å². The highest BCUT2D eigenvalue weighted by atomic mass is 16.4. The first-order valence-electron chi connectivity index (χ1n) is 5.06. The van der Waals surface area contributed by atoms with Crippen LogP contribution in [0.15, 0.2) is 6.07 Å². The minimum absolute atomic E-state index is 0.0622. The van der Waals surface area contributed by atoms with Crippen LogP contribution in [-0.4, -0.2) is 45.7 Å². The van der Waals surface area contributed by atoms with E-state index < -0.39 is 5.97 Å². The van der Waals surface area contributed by atoms with Crippen LogP contribution >= 0.6 is 0 Å². The second kappa shape index (κ2) is 5.29. The van der Waals surface area contributed by atoms with Gasteiger partial charge in [-0.1, -0.05) is 6.92 Å². The van der Waals surface area contributed by atoms with Crippen molar-refractivity contribution in [1.82, 2.24) is 15.1 Å². The number of carbonyl (C=O) groups is 2. The maximum Gasteiger partial charge on any atom is 0.305 e. The average Bonchev–Trinajstić information content (AvgIpc) is 2.73. The van der Waals surface area contributed by atoms with Crippen molar-refractivity contribution in [2.45, 2.75) is 19.8 Å². The zero-order valence-corrected chi connectivity index (χ0v) is 9.36. The number of carbonyl (C=O) groups excluding carboxylic acids is 1. The van der Waals surface area contributed by atoms with Crippen molar-refractivity contribution < 1.29 is 14.7 Å². The average molecular weight is 225 g/mol. The summed E-state index contributed by atoms with van der Waals surface area (Å²) < 4.78 is 0. The number of H-pyrrole nitrogens is 1. The van der Waals surface area contributed by atoms with E-state index in [-0.39, 0.29) is 18.9 Å². The molecule has 0 saturated heterocycles. The standard InChI is InChI=1S/C10H15N3O3/c1-3-7-6-8(12-11-7)10(16)13(2)5-4-9(14)15/h6H,3-5H2,1-2H3,(H,11,12)(H,14,15). The van der Waals surface area contributed by atoms with E-state index in [2.05, 4.69) is 10.2 Å². The minimum Gasteiger partial charge on any atom is -0.481 e. The molecule has 6 heteroatoms. The topological polar surface area (TPSA) is 86.3 Å². The van der Waals surface area contributed by atoms with Gasteiger partial charge in [0.1, 0.15) is 5.69 Å². The molecule has 0 spiro atoms. The Kier molecular flexibility index (Phi) is 4.04. The smallest absolute Gasteiger partial charge is 0.305 e. The maximum absolute atomic E-state index is 11.7. The predicted molar refractivity (Wildman–Crippen MR) is 57.2 cm³/mol. The van der Waals surface area contributed by atoms with Gasteiger partial charge in [0.15, 0.2) is 0 Å². The van der Waals surface area contributed by atoms with Crippen molar-refractivity contribution in [2.75, 3.05) is 13.6 Å². The van der Waals surface area contributed by atoms with Crippen molar-refractivity contribution in [3.8, 4) is 0 Å². The summed E-state index contributed by atoms with van der Waals surface area (Å²) in [7, 11) is 1.56. The van der Waals surface area contributed by atoms with Crippen LogP contribution in [-0.2, 0) is 11.2 Å². The zero-order valence-electron chi connectivity index (χ0n) is 9.36. The number of aromatic nitrogens is 2. The van der Waals surface area contributed by atoms with Gasteiger partial charge in [-0.25, -0.2) is 0 Å². The molecule has 0 saturated carbocycles. The van der Waals surface area contributed by atoms with Gasteiger partial charge in [0.2, 0.25) is 0 Å². The van der Waals surface area contributed by atoms with Gasteiger partial charge in [0.25, 0.3) is 5.91 Å². The van der Waals surface area contributed by atoms with Crippen molar-refractivity contribution in [2.24, 2.45) is 0 Å². The van der Waals surface area contributed by atoms with Crippen molar-refractivity contribution >= 4 is 11.9 Å². The Labute approximate surface area is 93.3 Å². The summed E-state index contributed by atoms with van der Waals surface area (Å²) in [4.78, 5) is 23.4. The summed E-state index contributed by atoms with van der Waals surface area (Å²) in [6, 6.07) is 1.68. The van der Waals surface area contributed by atoms with E-state index in [1.165, 1.54) is 4.90 Å². The number of carboxylic acid groups (broad SMARTS) is 1. The molecule has 1 aromatic rings. The first kappa shape index (κ1) is 12.2. The van der Waals surface area contributed by atoms with Crippen LogP contribution < -0.4 is 0 Å². The number of nitrogens with one attached hydrogen (secondary N) is 1. The van der Waals surface area contributed by atoms with Crippen LogP contribution in [0.25, 0.3) is 0 Å². The lowest BCUT2D eigenvalue weighted by molar-refractivity contribution is -0.137. The number of aliphatic carboxylic acids is 1. The molecule has 0 aliphatic carbocycles. The van der Waals surface area contributed by atoms with Crippen LogP contribution in [0.5, 0.6) is 0 Å². The summed E-state index contributed by atoms with van der Waals surface area (Å²) >= 11 is 0. The normalized spacial score (nSPS) is 10.1. The Hall–Kier alpha value is -1.85. The third-order valence-corrected chi connectivity index (χ3v) is 2.24. The number of amides is 1. The van der Waals surface area contributed by atoms with Gasteiger partial charge in [-0.3, -0.25) is 14.7 Å². The van der Waals surface area contributed by atoms with E-state index in [1.807, 2.05) is 6.92 Å². The molecule has 1 heterocycles. The molecule has 0 atom stereocenters. The maximum atomic E-state index is 11.7. The third-order valence-electron chi connectivity index (χ3n) is 2.24. The molecule has 1 rings (SSSR count). The molecular formula is C10H15N3O3. The van der Waals surface area contributed by atoms with Crippen molar-refractivity contribution in [3.63, 3.8) is 0 Å².